The molecule has 0 atom stereocenters. The Labute approximate surface area is 172 Å². The van der Waals surface area contributed by atoms with Gasteiger partial charge in [-0.05, 0) is 43.3 Å². The lowest BCUT2D eigenvalue weighted by molar-refractivity contribution is 0.0824. The van der Waals surface area contributed by atoms with Gasteiger partial charge in [-0.25, -0.2) is 4.39 Å². The van der Waals surface area contributed by atoms with Crippen LogP contribution in [0.3, 0.4) is 0 Å². The molecule has 0 fully saturated rings. The third-order valence-corrected chi connectivity index (χ3v) is 4.10. The van der Waals surface area contributed by atoms with Gasteiger partial charge in [0.05, 0.1) is 11.3 Å². The van der Waals surface area contributed by atoms with Crippen LogP contribution in [0, 0.1) is 5.82 Å². The predicted octanol–water partition coefficient (Wildman–Crippen LogP) is 2.27. The van der Waals surface area contributed by atoms with Gasteiger partial charge in [0.1, 0.15) is 17.2 Å². The van der Waals surface area contributed by atoms with Crippen LogP contribution in [-0.2, 0) is 0 Å². The number of nitrogens with one attached hydrogen (secondary N) is 2. The first-order valence-electron chi connectivity index (χ1n) is 9.06. The second-order valence-electron chi connectivity index (χ2n) is 6.51. The van der Waals surface area contributed by atoms with Crippen LogP contribution in [0.4, 0.5) is 27.1 Å². The van der Waals surface area contributed by atoms with Crippen molar-refractivity contribution in [1.29, 1.82) is 0 Å². The number of phenols is 1. The highest BCUT2D eigenvalue weighted by molar-refractivity contribution is 5.99. The van der Waals surface area contributed by atoms with Crippen molar-refractivity contribution >= 4 is 28.7 Å². The first-order chi connectivity index (χ1) is 14.2. The molecule has 0 aliphatic carbocycles. The number of rotatable bonds is 5. The minimum Gasteiger partial charge on any atom is -0.505 e. The molecular formula is C21H23FN4O4. The number of benzene rings is 2. The lowest BCUT2D eigenvalue weighted by atomic mass is 10.1. The van der Waals surface area contributed by atoms with Gasteiger partial charge < -0.3 is 26.4 Å². The van der Waals surface area contributed by atoms with Gasteiger partial charge in [0.15, 0.2) is 5.75 Å². The van der Waals surface area contributed by atoms with Crippen molar-refractivity contribution in [3.05, 3.63) is 74.3 Å². The minimum absolute atomic E-state index is 0.0697. The number of hydrogen-bond donors (Lipinski definition) is 4. The Morgan fingerprint density at radius 3 is 2.27 bits per heavy atom. The van der Waals surface area contributed by atoms with Crippen molar-refractivity contribution in [2.75, 3.05) is 37.0 Å². The first kappa shape index (κ1) is 22.4. The molecule has 5 N–H and O–H groups in total. The Hall–Kier alpha value is -3.88. The number of hydrogen-bond acceptors (Lipinski definition) is 7. The number of anilines is 4. The molecule has 0 aliphatic rings. The molecule has 0 aromatic heterocycles. The van der Waals surface area contributed by atoms with Crippen LogP contribution >= 0.6 is 0 Å². The van der Waals surface area contributed by atoms with Gasteiger partial charge >= 0.3 is 0 Å². The fraction of sp³-hybridized carbons (Fsp3) is 0.190. The van der Waals surface area contributed by atoms with Gasteiger partial charge in [0.2, 0.25) is 0 Å². The summed E-state index contributed by atoms with van der Waals surface area (Å²) < 4.78 is 12.3. The van der Waals surface area contributed by atoms with Gasteiger partial charge in [-0.3, -0.25) is 14.4 Å². The summed E-state index contributed by atoms with van der Waals surface area (Å²) in [5.74, 6) is -0.885. The van der Waals surface area contributed by atoms with E-state index in [9.17, 15) is 23.9 Å². The number of nitrogens with two attached hydrogens (primary N) is 1. The van der Waals surface area contributed by atoms with Crippen molar-refractivity contribution < 1.29 is 14.3 Å². The lowest BCUT2D eigenvalue weighted by Crippen LogP contribution is -2.36. The van der Waals surface area contributed by atoms with Crippen molar-refractivity contribution in [3.8, 4) is 5.75 Å². The molecule has 0 spiro atoms. The number of nitrogens with zero attached hydrogens (tertiary/aromatic N) is 1. The van der Waals surface area contributed by atoms with Crippen LogP contribution in [0.1, 0.15) is 17.3 Å². The molecular weight excluding hydrogens is 391 g/mol. The van der Waals surface area contributed by atoms with Crippen molar-refractivity contribution in [2.24, 2.45) is 0 Å². The van der Waals surface area contributed by atoms with E-state index in [0.717, 1.165) is 12.2 Å². The van der Waals surface area contributed by atoms with Gasteiger partial charge in [-0.2, -0.15) is 0 Å². The standard InChI is InChI=1S/C13H13N3O4.C8H10FN/c1-16(2)13(20)6-4-3-5-7(10(6)17)15-9-8(14)11(18)12(9)19;1-2-10-8-5-3-7(9)4-6-8/h3-5,15,17H,14H2,1-2H3;3-6,10H,2H2,1H3. The van der Waals surface area contributed by atoms with E-state index in [0.29, 0.717) is 0 Å². The SMILES string of the molecule is CCNc1ccc(F)cc1.CN(C)C(=O)c1cccc(Nc2c(N)c(=O)c2=O)c1O. The van der Waals surface area contributed by atoms with Crippen LogP contribution in [0.15, 0.2) is 52.1 Å². The van der Waals surface area contributed by atoms with Crippen molar-refractivity contribution in [2.45, 2.75) is 6.92 Å². The van der Waals surface area contributed by atoms with E-state index < -0.39 is 10.9 Å². The fourth-order valence-corrected chi connectivity index (χ4v) is 2.50. The maximum Gasteiger partial charge on any atom is 0.257 e. The number of phenolic OH excluding ortho intramolecular Hbond substituents is 1. The van der Waals surface area contributed by atoms with Gasteiger partial charge in [-0.1, -0.05) is 6.07 Å². The zero-order chi connectivity index (χ0) is 22.4. The molecule has 0 bridgehead atoms. The molecule has 0 unspecified atom stereocenters. The van der Waals surface area contributed by atoms with Gasteiger partial charge in [0.25, 0.3) is 16.8 Å². The zero-order valence-corrected chi connectivity index (χ0v) is 16.8. The number of aromatic hydroxyl groups is 1. The van der Waals surface area contributed by atoms with E-state index in [-0.39, 0.29) is 40.1 Å². The Morgan fingerprint density at radius 1 is 1.10 bits per heavy atom. The highest BCUT2D eigenvalue weighted by atomic mass is 19.1. The summed E-state index contributed by atoms with van der Waals surface area (Å²) >= 11 is 0. The molecule has 158 valence electrons. The third kappa shape index (κ3) is 4.93. The molecule has 3 aromatic rings. The summed E-state index contributed by atoms with van der Waals surface area (Å²) in [5.41, 5.74) is 4.82. The molecule has 0 heterocycles. The summed E-state index contributed by atoms with van der Waals surface area (Å²) in [6, 6.07) is 10.8. The van der Waals surface area contributed by atoms with E-state index in [1.807, 2.05) is 6.92 Å². The number of nitrogen functional groups attached to an aromatic ring is 1. The summed E-state index contributed by atoms with van der Waals surface area (Å²) in [4.78, 5) is 35.5. The van der Waals surface area contributed by atoms with E-state index in [2.05, 4.69) is 10.6 Å². The summed E-state index contributed by atoms with van der Waals surface area (Å²) in [6.07, 6.45) is 0. The minimum atomic E-state index is -0.757. The molecule has 8 nitrogen and oxygen atoms in total. The summed E-state index contributed by atoms with van der Waals surface area (Å²) in [6.45, 7) is 2.87. The van der Waals surface area contributed by atoms with Crippen molar-refractivity contribution in [3.63, 3.8) is 0 Å². The maximum atomic E-state index is 12.3. The van der Waals surface area contributed by atoms with E-state index in [4.69, 9.17) is 5.73 Å². The molecule has 0 aliphatic heterocycles. The zero-order valence-electron chi connectivity index (χ0n) is 16.8. The third-order valence-electron chi connectivity index (χ3n) is 4.10. The summed E-state index contributed by atoms with van der Waals surface area (Å²) in [7, 11) is 3.10. The van der Waals surface area contributed by atoms with E-state index in [1.54, 1.807) is 32.3 Å². The second kappa shape index (κ2) is 9.55. The Morgan fingerprint density at radius 2 is 1.73 bits per heavy atom. The van der Waals surface area contributed by atoms with E-state index >= 15 is 0 Å². The van der Waals surface area contributed by atoms with Crippen LogP contribution in [0.5, 0.6) is 5.75 Å². The van der Waals surface area contributed by atoms with Crippen LogP contribution < -0.4 is 27.2 Å². The molecule has 30 heavy (non-hydrogen) atoms. The Kier molecular flexibility index (Phi) is 7.13. The average Bonchev–Trinajstić information content (AvgIpc) is 2.74. The Bertz CT molecular complexity index is 1100. The largest absolute Gasteiger partial charge is 0.505 e. The molecule has 1 amide bonds. The van der Waals surface area contributed by atoms with Gasteiger partial charge in [0, 0.05) is 26.3 Å². The number of carbonyl (C=O) groups is 1. The lowest BCUT2D eigenvalue weighted by Gasteiger charge is -2.15. The maximum absolute atomic E-state index is 12.3. The van der Waals surface area contributed by atoms with Crippen LogP contribution in [-0.4, -0.2) is 36.6 Å². The molecule has 3 aromatic carbocycles. The smallest absolute Gasteiger partial charge is 0.257 e. The number of halogens is 1. The van der Waals surface area contributed by atoms with E-state index in [1.165, 1.54) is 29.2 Å². The topological polar surface area (TPSA) is 125 Å². The van der Waals surface area contributed by atoms with Crippen LogP contribution in [0.25, 0.3) is 0 Å². The number of carbonyl (C=O) groups excluding carboxylic acids is 1. The number of para-hydroxylation sites is 1. The normalized spacial score (nSPS) is 10.1. The quantitative estimate of drug-likeness (QED) is 0.373. The predicted molar refractivity (Wildman–Crippen MR) is 116 cm³/mol. The average molecular weight is 414 g/mol. The fourth-order valence-electron chi connectivity index (χ4n) is 2.50. The number of amides is 1. The highest BCUT2D eigenvalue weighted by Crippen LogP contribution is 2.31. The monoisotopic (exact) mass is 414 g/mol. The molecule has 3 rings (SSSR count). The molecule has 9 heteroatoms. The van der Waals surface area contributed by atoms with Crippen molar-refractivity contribution in [1.82, 2.24) is 4.90 Å². The highest BCUT2D eigenvalue weighted by Gasteiger charge is 2.21. The Balaban J connectivity index is 0.000000269. The molecule has 0 radical (unpaired) electrons. The molecule has 0 saturated carbocycles. The molecule has 0 saturated heterocycles. The second-order valence-corrected chi connectivity index (χ2v) is 6.51. The van der Waals surface area contributed by atoms with Crippen LogP contribution in [0.2, 0.25) is 0 Å². The van der Waals surface area contributed by atoms with Gasteiger partial charge in [-0.15, -0.1) is 0 Å². The first-order valence-corrected chi connectivity index (χ1v) is 9.06. The summed E-state index contributed by atoms with van der Waals surface area (Å²) in [5, 5.41) is 15.7.